The van der Waals surface area contributed by atoms with Crippen LogP contribution in [0.25, 0.3) is 0 Å². The smallest absolute Gasteiger partial charge is 0.293 e. The fourth-order valence-corrected chi connectivity index (χ4v) is 1.68. The molecule has 1 heterocycles. The summed E-state index contributed by atoms with van der Waals surface area (Å²) in [6.45, 7) is 4.86. The predicted molar refractivity (Wildman–Crippen MR) is 83.4 cm³/mol. The Morgan fingerprint density at radius 3 is 2.76 bits per heavy atom. The highest BCUT2D eigenvalue weighted by Crippen LogP contribution is 2.12. The lowest BCUT2D eigenvalue weighted by atomic mass is 10.2. The first kappa shape index (κ1) is 15.1. The number of hydrogen-bond donors (Lipinski definition) is 1. The van der Waals surface area contributed by atoms with Crippen molar-refractivity contribution >= 4 is 18.4 Å². The van der Waals surface area contributed by atoms with E-state index in [2.05, 4.69) is 29.1 Å². The summed E-state index contributed by atoms with van der Waals surface area (Å²) in [5, 5.41) is 10.1. The molecule has 0 unspecified atom stereocenters. The lowest BCUT2D eigenvalue weighted by Gasteiger charge is -2.08. The lowest BCUT2D eigenvalue weighted by molar-refractivity contribution is 0.271. The van der Waals surface area contributed by atoms with Crippen LogP contribution in [0.3, 0.4) is 0 Å². The van der Waals surface area contributed by atoms with Crippen LogP contribution in [-0.2, 0) is 0 Å². The number of aromatic amines is 1. The molecule has 0 radical (unpaired) electrons. The van der Waals surface area contributed by atoms with Crippen molar-refractivity contribution in [1.29, 1.82) is 0 Å². The second-order valence-electron chi connectivity index (χ2n) is 4.84. The third-order valence-corrected chi connectivity index (χ3v) is 2.79. The quantitative estimate of drug-likeness (QED) is 0.679. The summed E-state index contributed by atoms with van der Waals surface area (Å²) >= 11 is 4.95. The van der Waals surface area contributed by atoms with Gasteiger partial charge < -0.3 is 4.74 Å². The van der Waals surface area contributed by atoms with E-state index in [-0.39, 0.29) is 10.3 Å². The van der Waals surface area contributed by atoms with Crippen molar-refractivity contribution in [3.63, 3.8) is 0 Å². The molecule has 1 aromatic carbocycles. The van der Waals surface area contributed by atoms with Crippen LogP contribution in [0.15, 0.2) is 40.4 Å². The first-order valence-electron chi connectivity index (χ1n) is 6.50. The molecule has 2 aromatic rings. The van der Waals surface area contributed by atoms with Gasteiger partial charge >= 0.3 is 0 Å². The molecular weight excluding hydrogens is 288 g/mol. The van der Waals surface area contributed by atoms with Crippen molar-refractivity contribution in [1.82, 2.24) is 14.9 Å². The highest BCUT2D eigenvalue weighted by atomic mass is 32.1. The summed E-state index contributed by atoms with van der Waals surface area (Å²) in [5.41, 5.74) is 0.455. The van der Waals surface area contributed by atoms with Gasteiger partial charge in [0.25, 0.3) is 5.56 Å². The zero-order chi connectivity index (χ0) is 15.2. The van der Waals surface area contributed by atoms with Gasteiger partial charge in [-0.25, -0.2) is 0 Å². The van der Waals surface area contributed by atoms with Crippen molar-refractivity contribution in [2.75, 3.05) is 6.61 Å². The third-order valence-electron chi connectivity index (χ3n) is 2.52. The van der Waals surface area contributed by atoms with Crippen LogP contribution >= 0.6 is 12.2 Å². The Morgan fingerprint density at radius 1 is 1.43 bits per heavy atom. The Kier molecular flexibility index (Phi) is 4.99. The van der Waals surface area contributed by atoms with Crippen LogP contribution < -0.4 is 10.3 Å². The van der Waals surface area contributed by atoms with Gasteiger partial charge in [-0.1, -0.05) is 13.8 Å². The number of nitrogens with zero attached hydrogens (tertiary/aromatic N) is 3. The molecule has 0 bridgehead atoms. The fourth-order valence-electron chi connectivity index (χ4n) is 1.49. The minimum absolute atomic E-state index is 0.149. The van der Waals surface area contributed by atoms with Crippen LogP contribution in [0.4, 0.5) is 0 Å². The average Bonchev–Trinajstić information content (AvgIpc) is 2.46. The number of rotatable bonds is 5. The highest BCUT2D eigenvalue weighted by Gasteiger charge is 1.98. The van der Waals surface area contributed by atoms with Crippen molar-refractivity contribution < 1.29 is 4.74 Å². The predicted octanol–water partition coefficient (Wildman–Crippen LogP) is 2.22. The molecule has 6 nitrogen and oxygen atoms in total. The maximum atomic E-state index is 11.5. The number of hydrogen-bond acceptors (Lipinski definition) is 5. The summed E-state index contributed by atoms with van der Waals surface area (Å²) in [5.74, 6) is 1.28. The van der Waals surface area contributed by atoms with Gasteiger partial charge in [-0.2, -0.15) is 14.9 Å². The Hall–Kier alpha value is -2.28. The van der Waals surface area contributed by atoms with Crippen molar-refractivity contribution in [3.8, 4) is 5.75 Å². The van der Waals surface area contributed by atoms with Gasteiger partial charge in [0.05, 0.1) is 12.8 Å². The van der Waals surface area contributed by atoms with Gasteiger partial charge in [0.2, 0.25) is 4.77 Å². The molecule has 0 aliphatic rings. The van der Waals surface area contributed by atoms with E-state index >= 15 is 0 Å². The van der Waals surface area contributed by atoms with Crippen molar-refractivity contribution in [2.24, 2.45) is 11.0 Å². The fraction of sp³-hybridized carbons (Fsp3) is 0.286. The van der Waals surface area contributed by atoms with E-state index < -0.39 is 0 Å². The average molecular weight is 304 g/mol. The van der Waals surface area contributed by atoms with Crippen molar-refractivity contribution in [2.45, 2.75) is 13.8 Å². The second-order valence-corrected chi connectivity index (χ2v) is 5.23. The number of H-pyrrole nitrogens is 1. The Bertz CT molecular complexity index is 703. The van der Waals surface area contributed by atoms with Gasteiger partial charge in [-0.05, 0) is 48.0 Å². The molecular formula is C14H16N4O2S. The Morgan fingerprint density at radius 2 is 2.14 bits per heavy atom. The van der Waals surface area contributed by atoms with Crippen LogP contribution in [0.2, 0.25) is 0 Å². The number of aromatic nitrogens is 3. The summed E-state index contributed by atoms with van der Waals surface area (Å²) in [7, 11) is 0. The zero-order valence-corrected chi connectivity index (χ0v) is 12.6. The van der Waals surface area contributed by atoms with Gasteiger partial charge in [-0.3, -0.25) is 9.89 Å². The van der Waals surface area contributed by atoms with E-state index in [1.54, 1.807) is 6.21 Å². The molecule has 1 N–H and O–H groups in total. The third kappa shape index (κ3) is 4.35. The summed E-state index contributed by atoms with van der Waals surface area (Å²) < 4.78 is 6.82. The Balaban J connectivity index is 2.11. The summed E-state index contributed by atoms with van der Waals surface area (Å²) in [4.78, 5) is 11.5. The van der Waals surface area contributed by atoms with E-state index in [1.165, 1.54) is 0 Å². The largest absolute Gasteiger partial charge is 0.493 e. The maximum absolute atomic E-state index is 11.5. The molecule has 0 aliphatic carbocycles. The molecule has 21 heavy (non-hydrogen) atoms. The monoisotopic (exact) mass is 304 g/mol. The van der Waals surface area contributed by atoms with Gasteiger partial charge in [-0.15, -0.1) is 0 Å². The van der Waals surface area contributed by atoms with Crippen LogP contribution in [0.5, 0.6) is 5.75 Å². The molecule has 7 heteroatoms. The first-order valence-corrected chi connectivity index (χ1v) is 6.91. The molecule has 0 fully saturated rings. The first-order chi connectivity index (χ1) is 10.1. The molecule has 0 saturated carbocycles. The topological polar surface area (TPSA) is 72.3 Å². The standard InChI is InChI=1S/C14H16N4O2S/c1-10(2)9-20-12-5-3-11(4-6-12)7-16-18-13(19)8-15-17-14(18)21/h3-8,10H,9H2,1-2H3,(H,17,21)/b16-7-. The SMILES string of the molecule is CC(C)COc1ccc(/C=N\n2c(=O)cn[nH]c2=S)cc1. The maximum Gasteiger partial charge on any atom is 0.293 e. The second kappa shape index (κ2) is 6.94. The van der Waals surface area contributed by atoms with Gasteiger partial charge in [0.15, 0.2) is 0 Å². The van der Waals surface area contributed by atoms with Crippen LogP contribution in [0, 0.1) is 10.7 Å². The normalized spacial score (nSPS) is 11.2. The van der Waals surface area contributed by atoms with E-state index in [4.69, 9.17) is 17.0 Å². The number of ether oxygens (including phenoxy) is 1. The lowest BCUT2D eigenvalue weighted by Crippen LogP contribution is -2.18. The van der Waals surface area contributed by atoms with E-state index in [9.17, 15) is 4.79 Å². The molecule has 0 spiro atoms. The molecule has 0 atom stereocenters. The van der Waals surface area contributed by atoms with Gasteiger partial charge in [0.1, 0.15) is 11.9 Å². The molecule has 110 valence electrons. The van der Waals surface area contributed by atoms with E-state index in [0.717, 1.165) is 22.2 Å². The zero-order valence-electron chi connectivity index (χ0n) is 11.8. The Labute approximate surface area is 127 Å². The molecule has 0 aliphatic heterocycles. The number of benzene rings is 1. The van der Waals surface area contributed by atoms with E-state index in [1.807, 2.05) is 24.3 Å². The molecule has 0 amide bonds. The highest BCUT2D eigenvalue weighted by molar-refractivity contribution is 7.71. The van der Waals surface area contributed by atoms with E-state index in [0.29, 0.717) is 12.5 Å². The molecule has 0 saturated heterocycles. The molecule has 2 rings (SSSR count). The van der Waals surface area contributed by atoms with Crippen LogP contribution in [-0.4, -0.2) is 27.7 Å². The van der Waals surface area contributed by atoms with Gasteiger partial charge in [0, 0.05) is 0 Å². The van der Waals surface area contributed by atoms with Crippen molar-refractivity contribution in [3.05, 3.63) is 51.2 Å². The van der Waals surface area contributed by atoms with Crippen LogP contribution in [0.1, 0.15) is 19.4 Å². The minimum atomic E-state index is -0.383. The number of nitrogens with one attached hydrogen (secondary N) is 1. The minimum Gasteiger partial charge on any atom is -0.493 e. The summed E-state index contributed by atoms with van der Waals surface area (Å²) in [6.07, 6.45) is 2.67. The summed E-state index contributed by atoms with van der Waals surface area (Å²) in [6, 6.07) is 7.44. The molecule has 1 aromatic heterocycles.